The van der Waals surface area contributed by atoms with Crippen LogP contribution in [-0.4, -0.2) is 9.97 Å². The van der Waals surface area contributed by atoms with Crippen LogP contribution in [0.3, 0.4) is 0 Å². The first kappa shape index (κ1) is 19.4. The highest BCUT2D eigenvalue weighted by Gasteiger charge is 2.19. The highest BCUT2D eigenvalue weighted by Crippen LogP contribution is 2.42. The molecule has 0 spiro atoms. The van der Waals surface area contributed by atoms with Crippen LogP contribution in [0.2, 0.25) is 0 Å². The molecule has 2 aromatic heterocycles. The molecule has 8 aromatic rings. The average Bonchev–Trinajstić information content (AvgIpc) is 3.56. The Morgan fingerprint density at radius 2 is 0.778 bits per heavy atom. The van der Waals surface area contributed by atoms with Crippen LogP contribution in [0, 0.1) is 0 Å². The molecule has 36 heavy (non-hydrogen) atoms. The van der Waals surface area contributed by atoms with E-state index in [0.29, 0.717) is 11.8 Å². The highest BCUT2D eigenvalue weighted by molar-refractivity contribution is 6.23. The fourth-order valence-electron chi connectivity index (χ4n) is 5.28. The number of hydrogen-bond donors (Lipinski definition) is 0. The van der Waals surface area contributed by atoms with E-state index in [-0.39, 0.29) is 0 Å². The Bertz CT molecular complexity index is 1900. The van der Waals surface area contributed by atoms with Crippen molar-refractivity contribution in [2.24, 2.45) is 0 Å². The summed E-state index contributed by atoms with van der Waals surface area (Å²) in [6, 6.07) is 37.0. The van der Waals surface area contributed by atoms with Crippen molar-refractivity contribution in [2.45, 2.75) is 0 Å². The van der Waals surface area contributed by atoms with Crippen LogP contribution in [0.5, 0.6) is 0 Å². The monoisotopic (exact) mass is 462 g/mol. The Morgan fingerprint density at radius 1 is 0.389 bits per heavy atom. The molecule has 168 valence electrons. The Kier molecular flexibility index (Phi) is 3.91. The van der Waals surface area contributed by atoms with Gasteiger partial charge in [-0.05, 0) is 68.7 Å². The highest BCUT2D eigenvalue weighted by atomic mass is 16.4. The molecular weight excluding hydrogens is 444 g/mol. The number of para-hydroxylation sites is 4. The van der Waals surface area contributed by atoms with Gasteiger partial charge in [0.2, 0.25) is 11.8 Å². The number of aromatic nitrogens is 2. The summed E-state index contributed by atoms with van der Waals surface area (Å²) in [5.41, 5.74) is 5.24. The van der Waals surface area contributed by atoms with Gasteiger partial charge in [0.05, 0.1) is 0 Å². The van der Waals surface area contributed by atoms with Gasteiger partial charge in [-0.1, -0.05) is 72.8 Å². The molecule has 0 saturated carbocycles. The summed E-state index contributed by atoms with van der Waals surface area (Å²) < 4.78 is 12.4. The lowest BCUT2D eigenvalue weighted by atomic mass is 9.91. The third-order valence-electron chi connectivity index (χ3n) is 6.93. The summed E-state index contributed by atoms with van der Waals surface area (Å²) >= 11 is 0. The molecule has 0 amide bonds. The Balaban J connectivity index is 1.50. The molecule has 0 aliphatic heterocycles. The molecule has 0 fully saturated rings. The molecule has 0 bridgehead atoms. The van der Waals surface area contributed by atoms with Gasteiger partial charge in [-0.3, -0.25) is 0 Å². The molecule has 2 heterocycles. The van der Waals surface area contributed by atoms with Gasteiger partial charge in [0.15, 0.2) is 11.2 Å². The number of fused-ring (bicyclic) bond motifs is 7. The summed E-state index contributed by atoms with van der Waals surface area (Å²) in [5.74, 6) is 1.25. The minimum atomic E-state index is 0.626. The fourth-order valence-corrected chi connectivity index (χ4v) is 5.28. The van der Waals surface area contributed by atoms with Crippen molar-refractivity contribution in [3.8, 4) is 22.9 Å². The smallest absolute Gasteiger partial charge is 0.227 e. The standard InChI is InChI=1S/C32H18N2O2/c1-3-11-21-19(9-1)23-17-26(32-34-28-14-6-8-16-30(28)36-32)22-12-4-2-10-20(22)24(23)18-25(21)31-33-27-13-5-7-15-29(27)35-31/h1-18H. The van der Waals surface area contributed by atoms with Crippen LogP contribution in [0.1, 0.15) is 0 Å². The summed E-state index contributed by atoms with van der Waals surface area (Å²) in [4.78, 5) is 9.64. The van der Waals surface area contributed by atoms with Crippen LogP contribution in [0.25, 0.3) is 77.4 Å². The van der Waals surface area contributed by atoms with Gasteiger partial charge in [-0.15, -0.1) is 0 Å². The number of benzene rings is 6. The predicted molar refractivity (Wildman–Crippen MR) is 145 cm³/mol. The second-order valence-corrected chi connectivity index (χ2v) is 9.01. The van der Waals surface area contributed by atoms with Gasteiger partial charge in [0.1, 0.15) is 11.0 Å². The second kappa shape index (κ2) is 7.27. The molecule has 0 aliphatic carbocycles. The zero-order valence-electron chi connectivity index (χ0n) is 19.1. The molecule has 4 heteroatoms. The zero-order chi connectivity index (χ0) is 23.6. The Hall–Kier alpha value is -4.96. The maximum atomic E-state index is 6.21. The molecule has 0 radical (unpaired) electrons. The summed E-state index contributed by atoms with van der Waals surface area (Å²) in [6.45, 7) is 0. The maximum Gasteiger partial charge on any atom is 0.227 e. The lowest BCUT2D eigenvalue weighted by Crippen LogP contribution is -1.89. The first-order valence-electron chi connectivity index (χ1n) is 11.9. The topological polar surface area (TPSA) is 52.1 Å². The molecule has 0 saturated heterocycles. The lowest BCUT2D eigenvalue weighted by Gasteiger charge is -2.13. The van der Waals surface area contributed by atoms with E-state index in [1.807, 2.05) is 48.5 Å². The normalized spacial score (nSPS) is 11.9. The van der Waals surface area contributed by atoms with Crippen molar-refractivity contribution in [3.63, 3.8) is 0 Å². The quantitative estimate of drug-likeness (QED) is 0.241. The number of nitrogens with zero attached hydrogens (tertiary/aromatic N) is 2. The van der Waals surface area contributed by atoms with Crippen molar-refractivity contribution < 1.29 is 8.83 Å². The van der Waals surface area contributed by atoms with E-state index in [1.165, 1.54) is 0 Å². The van der Waals surface area contributed by atoms with Crippen LogP contribution in [0.4, 0.5) is 0 Å². The first-order valence-corrected chi connectivity index (χ1v) is 11.9. The third kappa shape index (κ3) is 2.75. The van der Waals surface area contributed by atoms with Crippen LogP contribution < -0.4 is 0 Å². The van der Waals surface area contributed by atoms with E-state index in [2.05, 4.69) is 60.7 Å². The molecule has 4 nitrogen and oxygen atoms in total. The van der Waals surface area contributed by atoms with Crippen molar-refractivity contribution in [1.29, 1.82) is 0 Å². The maximum absolute atomic E-state index is 6.21. The number of hydrogen-bond acceptors (Lipinski definition) is 4. The third-order valence-corrected chi connectivity index (χ3v) is 6.93. The molecule has 6 aromatic carbocycles. The van der Waals surface area contributed by atoms with Gasteiger partial charge in [-0.2, -0.15) is 0 Å². The zero-order valence-corrected chi connectivity index (χ0v) is 19.1. The van der Waals surface area contributed by atoms with E-state index in [0.717, 1.165) is 65.6 Å². The average molecular weight is 463 g/mol. The summed E-state index contributed by atoms with van der Waals surface area (Å²) in [6.07, 6.45) is 0. The molecule has 8 rings (SSSR count). The van der Waals surface area contributed by atoms with E-state index >= 15 is 0 Å². The molecule has 0 unspecified atom stereocenters. The summed E-state index contributed by atoms with van der Waals surface area (Å²) in [7, 11) is 0. The molecular formula is C32H18N2O2. The Morgan fingerprint density at radius 3 is 1.22 bits per heavy atom. The largest absolute Gasteiger partial charge is 0.436 e. The van der Waals surface area contributed by atoms with Crippen molar-refractivity contribution >= 4 is 54.5 Å². The molecule has 0 aliphatic rings. The van der Waals surface area contributed by atoms with E-state index in [1.54, 1.807) is 0 Å². The van der Waals surface area contributed by atoms with E-state index in [9.17, 15) is 0 Å². The van der Waals surface area contributed by atoms with Crippen molar-refractivity contribution in [3.05, 3.63) is 109 Å². The minimum Gasteiger partial charge on any atom is -0.436 e. The second-order valence-electron chi connectivity index (χ2n) is 9.01. The lowest BCUT2D eigenvalue weighted by molar-refractivity contribution is 0.620. The number of rotatable bonds is 2. The van der Waals surface area contributed by atoms with Crippen molar-refractivity contribution in [2.75, 3.05) is 0 Å². The first-order chi connectivity index (χ1) is 17.8. The minimum absolute atomic E-state index is 0.626. The van der Waals surface area contributed by atoms with Crippen molar-refractivity contribution in [1.82, 2.24) is 9.97 Å². The van der Waals surface area contributed by atoms with Crippen LogP contribution in [0.15, 0.2) is 118 Å². The van der Waals surface area contributed by atoms with E-state index < -0.39 is 0 Å². The van der Waals surface area contributed by atoms with Gasteiger partial charge >= 0.3 is 0 Å². The predicted octanol–water partition coefficient (Wildman–Crippen LogP) is 8.76. The fraction of sp³-hybridized carbons (Fsp3) is 0. The van der Waals surface area contributed by atoms with Gasteiger partial charge in [0.25, 0.3) is 0 Å². The van der Waals surface area contributed by atoms with Crippen LogP contribution in [-0.2, 0) is 0 Å². The van der Waals surface area contributed by atoms with Gasteiger partial charge in [0, 0.05) is 11.1 Å². The van der Waals surface area contributed by atoms with Gasteiger partial charge in [-0.25, -0.2) is 9.97 Å². The SMILES string of the molecule is c1ccc2oc(-c3cc4c5ccccc5c(-c5nc6ccccc6o5)cc4c4ccccc34)nc2c1. The van der Waals surface area contributed by atoms with E-state index in [4.69, 9.17) is 18.8 Å². The molecule has 0 atom stereocenters. The Labute approximate surface area is 205 Å². The van der Waals surface area contributed by atoms with Gasteiger partial charge < -0.3 is 8.83 Å². The molecule has 0 N–H and O–H groups in total. The number of oxazole rings is 2. The van der Waals surface area contributed by atoms with Crippen LogP contribution >= 0.6 is 0 Å². The summed E-state index contributed by atoms with van der Waals surface area (Å²) in [5, 5.41) is 6.74.